The number of hydrogen-bond donors (Lipinski definition) is 2. The number of halogens is 1. The van der Waals surface area contributed by atoms with Crippen molar-refractivity contribution in [3.05, 3.63) is 64.7 Å². The highest BCUT2D eigenvalue weighted by atomic mass is 19.1. The minimum atomic E-state index is -0.220. The number of allylic oxidation sites excluding steroid dienone is 1. The molecule has 1 amide bonds. The van der Waals surface area contributed by atoms with Crippen LogP contribution in [0.5, 0.6) is 0 Å². The second-order valence-electron chi connectivity index (χ2n) is 7.10. The summed E-state index contributed by atoms with van der Waals surface area (Å²) in [7, 11) is 0. The van der Waals surface area contributed by atoms with Gasteiger partial charge in [-0.05, 0) is 63.1 Å². The lowest BCUT2D eigenvalue weighted by Gasteiger charge is -2.13. The molecule has 0 bridgehead atoms. The van der Waals surface area contributed by atoms with E-state index in [0.717, 1.165) is 19.3 Å². The van der Waals surface area contributed by atoms with Gasteiger partial charge in [-0.25, -0.2) is 14.4 Å². The number of benzene rings is 1. The molecule has 0 spiro atoms. The molecule has 3 rings (SSSR count). The maximum absolute atomic E-state index is 13.7. The van der Waals surface area contributed by atoms with E-state index in [9.17, 15) is 9.18 Å². The Labute approximate surface area is 165 Å². The van der Waals surface area contributed by atoms with Crippen LogP contribution in [-0.2, 0) is 6.42 Å². The van der Waals surface area contributed by atoms with Crippen LogP contribution in [0.3, 0.4) is 0 Å². The zero-order chi connectivity index (χ0) is 19.8. The van der Waals surface area contributed by atoms with Crippen molar-refractivity contribution < 1.29 is 9.18 Å². The van der Waals surface area contributed by atoms with Gasteiger partial charge >= 0.3 is 0 Å². The van der Waals surface area contributed by atoms with Crippen molar-refractivity contribution in [2.24, 2.45) is 0 Å². The molecular weight excluding hydrogens is 355 g/mol. The molecule has 28 heavy (non-hydrogen) atoms. The van der Waals surface area contributed by atoms with E-state index in [0.29, 0.717) is 42.4 Å². The molecule has 1 aromatic carbocycles. The molecule has 0 radical (unpaired) electrons. The Morgan fingerprint density at radius 2 is 2.00 bits per heavy atom. The Balaban J connectivity index is 1.52. The lowest BCUT2D eigenvalue weighted by Crippen LogP contribution is -2.26. The zero-order valence-electron chi connectivity index (χ0n) is 16.3. The molecule has 6 heteroatoms. The second-order valence-corrected chi connectivity index (χ2v) is 7.10. The summed E-state index contributed by atoms with van der Waals surface area (Å²) in [6, 6.07) is 8.37. The van der Waals surface area contributed by atoms with Gasteiger partial charge in [0.2, 0.25) is 5.95 Å². The SMILES string of the molecule is Cc1cc(C(=O)NCCC2=CCCCC2)nc(NCCc2ccccc2F)n1. The van der Waals surface area contributed by atoms with Crippen LogP contribution in [-0.4, -0.2) is 29.0 Å². The monoisotopic (exact) mass is 382 g/mol. The Morgan fingerprint density at radius 1 is 1.14 bits per heavy atom. The molecule has 0 atom stereocenters. The molecule has 0 aliphatic heterocycles. The van der Waals surface area contributed by atoms with Crippen LogP contribution >= 0.6 is 0 Å². The summed E-state index contributed by atoms with van der Waals surface area (Å²) in [5.74, 6) is -0.0295. The largest absolute Gasteiger partial charge is 0.354 e. The van der Waals surface area contributed by atoms with E-state index in [1.807, 2.05) is 13.0 Å². The molecule has 0 unspecified atom stereocenters. The number of aromatic nitrogens is 2. The van der Waals surface area contributed by atoms with Gasteiger partial charge in [-0.15, -0.1) is 0 Å². The number of carbonyl (C=O) groups is 1. The molecule has 1 aliphatic rings. The number of anilines is 1. The number of amides is 1. The van der Waals surface area contributed by atoms with Gasteiger partial charge in [0.1, 0.15) is 11.5 Å². The van der Waals surface area contributed by atoms with Crippen LogP contribution in [0.2, 0.25) is 0 Å². The minimum absolute atomic E-state index is 0.195. The van der Waals surface area contributed by atoms with Gasteiger partial charge in [-0.3, -0.25) is 4.79 Å². The number of nitrogens with zero attached hydrogens (tertiary/aromatic N) is 2. The summed E-state index contributed by atoms with van der Waals surface area (Å²) < 4.78 is 13.7. The van der Waals surface area contributed by atoms with E-state index >= 15 is 0 Å². The summed E-state index contributed by atoms with van der Waals surface area (Å²) in [5.41, 5.74) is 3.13. The molecule has 0 fully saturated rings. The average molecular weight is 382 g/mol. The van der Waals surface area contributed by atoms with Crippen LogP contribution in [0, 0.1) is 12.7 Å². The van der Waals surface area contributed by atoms with Crippen LogP contribution < -0.4 is 10.6 Å². The van der Waals surface area contributed by atoms with Crippen molar-refractivity contribution in [1.29, 1.82) is 0 Å². The van der Waals surface area contributed by atoms with E-state index in [2.05, 4.69) is 26.7 Å². The predicted molar refractivity (Wildman–Crippen MR) is 109 cm³/mol. The Hall–Kier alpha value is -2.76. The van der Waals surface area contributed by atoms with Crippen molar-refractivity contribution >= 4 is 11.9 Å². The van der Waals surface area contributed by atoms with Crippen molar-refractivity contribution in [2.75, 3.05) is 18.4 Å². The van der Waals surface area contributed by atoms with Gasteiger partial charge in [0, 0.05) is 18.8 Å². The quantitative estimate of drug-likeness (QED) is 0.672. The zero-order valence-corrected chi connectivity index (χ0v) is 16.3. The van der Waals surface area contributed by atoms with E-state index in [1.165, 1.54) is 24.5 Å². The highest BCUT2D eigenvalue weighted by Gasteiger charge is 2.11. The first kappa shape index (κ1) is 20.0. The Kier molecular flexibility index (Phi) is 7.12. The number of hydrogen-bond acceptors (Lipinski definition) is 4. The minimum Gasteiger partial charge on any atom is -0.354 e. The first-order valence-corrected chi connectivity index (χ1v) is 9.91. The first-order valence-electron chi connectivity index (χ1n) is 9.91. The fourth-order valence-electron chi connectivity index (χ4n) is 3.33. The third-order valence-electron chi connectivity index (χ3n) is 4.84. The van der Waals surface area contributed by atoms with E-state index in [1.54, 1.807) is 18.2 Å². The van der Waals surface area contributed by atoms with Crippen molar-refractivity contribution in [1.82, 2.24) is 15.3 Å². The topological polar surface area (TPSA) is 66.9 Å². The lowest BCUT2D eigenvalue weighted by molar-refractivity contribution is 0.0949. The molecule has 0 saturated heterocycles. The number of carbonyl (C=O) groups excluding carboxylic acids is 1. The normalized spacial score (nSPS) is 13.7. The standard InChI is InChI=1S/C22H27FN4O/c1-16-15-20(21(28)24-13-11-17-7-3-2-4-8-17)27-22(26-16)25-14-12-18-9-5-6-10-19(18)23/h5-7,9-10,15H,2-4,8,11-14H2,1H3,(H,24,28)(H,25,26,27). The molecule has 5 nitrogen and oxygen atoms in total. The fourth-order valence-corrected chi connectivity index (χ4v) is 3.33. The van der Waals surface area contributed by atoms with Gasteiger partial charge in [0.25, 0.3) is 5.91 Å². The van der Waals surface area contributed by atoms with Gasteiger partial charge in [-0.2, -0.15) is 0 Å². The molecular formula is C22H27FN4O. The summed E-state index contributed by atoms with van der Waals surface area (Å²) in [4.78, 5) is 21.1. The lowest BCUT2D eigenvalue weighted by atomic mass is 9.97. The third kappa shape index (κ3) is 5.87. The van der Waals surface area contributed by atoms with E-state index < -0.39 is 0 Å². The number of aryl methyl sites for hydroxylation is 1. The number of nitrogens with one attached hydrogen (secondary N) is 2. The van der Waals surface area contributed by atoms with Gasteiger partial charge < -0.3 is 10.6 Å². The second kappa shape index (κ2) is 9.97. The van der Waals surface area contributed by atoms with Gasteiger partial charge in [0.15, 0.2) is 0 Å². The molecule has 0 saturated carbocycles. The van der Waals surface area contributed by atoms with Crippen molar-refractivity contribution in [3.8, 4) is 0 Å². The highest BCUT2D eigenvalue weighted by molar-refractivity contribution is 5.92. The molecule has 1 aromatic heterocycles. The molecule has 1 aliphatic carbocycles. The van der Waals surface area contributed by atoms with Gasteiger partial charge in [-0.1, -0.05) is 29.8 Å². The highest BCUT2D eigenvalue weighted by Crippen LogP contribution is 2.19. The van der Waals surface area contributed by atoms with Crippen LogP contribution in [0.1, 0.15) is 53.8 Å². The average Bonchev–Trinajstić information content (AvgIpc) is 2.70. The smallest absolute Gasteiger partial charge is 0.270 e. The maximum atomic E-state index is 13.7. The summed E-state index contributed by atoms with van der Waals surface area (Å²) >= 11 is 0. The fraction of sp³-hybridized carbons (Fsp3) is 0.409. The molecule has 1 heterocycles. The summed E-state index contributed by atoms with van der Waals surface area (Å²) in [6.45, 7) is 2.93. The number of rotatable bonds is 8. The predicted octanol–water partition coefficient (Wildman–Crippen LogP) is 4.20. The molecule has 2 aromatic rings. The first-order chi connectivity index (χ1) is 13.6. The van der Waals surface area contributed by atoms with Crippen LogP contribution in [0.4, 0.5) is 10.3 Å². The maximum Gasteiger partial charge on any atom is 0.270 e. The van der Waals surface area contributed by atoms with Crippen LogP contribution in [0.15, 0.2) is 42.0 Å². The van der Waals surface area contributed by atoms with Crippen LogP contribution in [0.25, 0.3) is 0 Å². The van der Waals surface area contributed by atoms with E-state index in [-0.39, 0.29) is 11.7 Å². The van der Waals surface area contributed by atoms with Gasteiger partial charge in [0.05, 0.1) is 0 Å². The van der Waals surface area contributed by atoms with E-state index in [4.69, 9.17) is 0 Å². The molecule has 148 valence electrons. The summed E-state index contributed by atoms with van der Waals surface area (Å²) in [5, 5.41) is 6.03. The Morgan fingerprint density at radius 3 is 2.79 bits per heavy atom. The van der Waals surface area contributed by atoms with Crippen molar-refractivity contribution in [2.45, 2.75) is 45.4 Å². The third-order valence-corrected chi connectivity index (χ3v) is 4.84. The van der Waals surface area contributed by atoms with Crippen molar-refractivity contribution in [3.63, 3.8) is 0 Å². The molecule has 2 N–H and O–H groups in total. The Bertz CT molecular complexity index is 850. The summed E-state index contributed by atoms with van der Waals surface area (Å²) in [6.07, 6.45) is 8.50.